The van der Waals surface area contributed by atoms with Crippen LogP contribution in [0.4, 0.5) is 15.2 Å². The highest BCUT2D eigenvalue weighted by molar-refractivity contribution is 7.14. The number of rotatable bonds is 6. The molecule has 2 aromatic heterocycles. The summed E-state index contributed by atoms with van der Waals surface area (Å²) in [7, 11) is 0. The Kier molecular flexibility index (Phi) is 5.63. The minimum atomic E-state index is -0.541. The molecule has 2 amide bonds. The van der Waals surface area contributed by atoms with Crippen LogP contribution < -0.4 is 16.4 Å². The zero-order chi connectivity index (χ0) is 22.0. The van der Waals surface area contributed by atoms with Crippen molar-refractivity contribution in [1.82, 2.24) is 9.55 Å². The van der Waals surface area contributed by atoms with Gasteiger partial charge in [-0.25, -0.2) is 14.2 Å². The van der Waals surface area contributed by atoms with E-state index in [0.29, 0.717) is 27.6 Å². The van der Waals surface area contributed by atoms with Crippen LogP contribution in [0.2, 0.25) is 0 Å². The van der Waals surface area contributed by atoms with Crippen molar-refractivity contribution in [3.8, 4) is 11.3 Å². The zero-order valence-corrected chi connectivity index (χ0v) is 17.2. The highest BCUT2D eigenvalue weighted by Gasteiger charge is 2.14. The summed E-state index contributed by atoms with van der Waals surface area (Å²) in [6.45, 7) is 1.49. The number of thiazole rings is 1. The normalized spacial score (nSPS) is 10.9. The van der Waals surface area contributed by atoms with Crippen molar-refractivity contribution >= 4 is 45.1 Å². The van der Waals surface area contributed by atoms with E-state index in [9.17, 15) is 18.8 Å². The molecule has 0 unspecified atom stereocenters. The Balaban J connectivity index is 1.42. The molecule has 0 radical (unpaired) electrons. The number of benzene rings is 2. The van der Waals surface area contributed by atoms with Gasteiger partial charge >= 0.3 is 5.76 Å². The first kappa shape index (κ1) is 20.5. The third-order valence-corrected chi connectivity index (χ3v) is 5.21. The number of carbonyl (C=O) groups excluding carboxylic acids is 2. The Bertz CT molecular complexity index is 1340. The van der Waals surface area contributed by atoms with Crippen LogP contribution in [0.15, 0.2) is 57.1 Å². The molecule has 0 atom stereocenters. The lowest BCUT2D eigenvalue weighted by Crippen LogP contribution is -2.19. The molecule has 0 fully saturated rings. The SMILES string of the molecule is CC(=O)Nc1ccc(-c2csc(NC(=O)CCn3c(=O)oc4ccccc43)n2)c(F)c1. The third kappa shape index (κ3) is 4.53. The van der Waals surface area contributed by atoms with Crippen molar-refractivity contribution in [3.63, 3.8) is 0 Å². The molecule has 0 bridgehead atoms. The van der Waals surface area contributed by atoms with Crippen LogP contribution >= 0.6 is 11.3 Å². The lowest BCUT2D eigenvalue weighted by molar-refractivity contribution is -0.116. The number of amides is 2. The average molecular weight is 440 g/mol. The summed E-state index contributed by atoms with van der Waals surface area (Å²) in [5, 5.41) is 7.11. The number of aromatic nitrogens is 2. The van der Waals surface area contributed by atoms with E-state index in [2.05, 4.69) is 15.6 Å². The monoisotopic (exact) mass is 440 g/mol. The van der Waals surface area contributed by atoms with Crippen LogP contribution in [0, 0.1) is 5.82 Å². The Hall–Kier alpha value is -3.79. The number of carbonyl (C=O) groups is 2. The van der Waals surface area contributed by atoms with E-state index in [0.717, 1.165) is 11.3 Å². The van der Waals surface area contributed by atoms with Gasteiger partial charge in [-0.3, -0.25) is 14.2 Å². The van der Waals surface area contributed by atoms with Crippen LogP contribution in [-0.2, 0) is 16.1 Å². The van der Waals surface area contributed by atoms with Gasteiger partial charge in [-0.2, -0.15) is 0 Å². The quantitative estimate of drug-likeness (QED) is 0.474. The van der Waals surface area contributed by atoms with E-state index in [-0.39, 0.29) is 30.3 Å². The van der Waals surface area contributed by atoms with Gasteiger partial charge < -0.3 is 15.1 Å². The molecule has 2 aromatic carbocycles. The smallest absolute Gasteiger partial charge is 0.408 e. The van der Waals surface area contributed by atoms with Gasteiger partial charge in [0, 0.05) is 36.5 Å². The molecule has 0 aliphatic heterocycles. The summed E-state index contributed by atoms with van der Waals surface area (Å²) in [6.07, 6.45) is 0.0398. The first-order valence-electron chi connectivity index (χ1n) is 9.32. The van der Waals surface area contributed by atoms with E-state index in [4.69, 9.17) is 4.42 Å². The number of oxazole rings is 1. The number of aryl methyl sites for hydroxylation is 1. The van der Waals surface area contributed by atoms with Crippen molar-refractivity contribution in [3.05, 3.63) is 64.2 Å². The molecule has 0 aliphatic rings. The number of nitrogens with one attached hydrogen (secondary N) is 2. The predicted octanol–water partition coefficient (Wildman–Crippen LogP) is 3.84. The summed E-state index contributed by atoms with van der Waals surface area (Å²) in [5.74, 6) is -1.69. The number of nitrogens with zero attached hydrogens (tertiary/aromatic N) is 2. The maximum absolute atomic E-state index is 14.4. The fourth-order valence-corrected chi connectivity index (χ4v) is 3.81. The van der Waals surface area contributed by atoms with Gasteiger partial charge in [0.25, 0.3) is 0 Å². The largest absolute Gasteiger partial charge is 0.419 e. The number of anilines is 2. The van der Waals surface area contributed by atoms with Gasteiger partial charge in [-0.15, -0.1) is 11.3 Å². The van der Waals surface area contributed by atoms with Gasteiger partial charge in [-0.1, -0.05) is 12.1 Å². The lowest BCUT2D eigenvalue weighted by Gasteiger charge is -2.05. The van der Waals surface area contributed by atoms with E-state index in [1.807, 2.05) is 0 Å². The molecule has 10 heteroatoms. The Morgan fingerprint density at radius 2 is 2.00 bits per heavy atom. The molecular formula is C21H17FN4O4S. The molecule has 8 nitrogen and oxygen atoms in total. The molecule has 2 N–H and O–H groups in total. The van der Waals surface area contributed by atoms with E-state index >= 15 is 0 Å². The van der Waals surface area contributed by atoms with E-state index in [1.54, 1.807) is 35.7 Å². The molecule has 4 rings (SSSR count). The van der Waals surface area contributed by atoms with Crippen LogP contribution in [-0.4, -0.2) is 21.4 Å². The first-order valence-corrected chi connectivity index (χ1v) is 10.2. The van der Waals surface area contributed by atoms with Gasteiger partial charge in [0.1, 0.15) is 5.82 Å². The topological polar surface area (TPSA) is 106 Å². The average Bonchev–Trinajstić information content (AvgIpc) is 3.29. The highest BCUT2D eigenvalue weighted by atomic mass is 32.1. The van der Waals surface area contributed by atoms with Crippen molar-refractivity contribution in [2.45, 2.75) is 19.9 Å². The van der Waals surface area contributed by atoms with Crippen molar-refractivity contribution in [1.29, 1.82) is 0 Å². The molecule has 158 valence electrons. The van der Waals surface area contributed by atoms with Crippen molar-refractivity contribution < 1.29 is 18.4 Å². The fraction of sp³-hybridized carbons (Fsp3) is 0.143. The number of fused-ring (bicyclic) bond motifs is 1. The Labute approximate surface area is 179 Å². The van der Waals surface area contributed by atoms with Gasteiger partial charge in [0.2, 0.25) is 11.8 Å². The molecule has 0 saturated heterocycles. The highest BCUT2D eigenvalue weighted by Crippen LogP contribution is 2.28. The first-order chi connectivity index (χ1) is 14.9. The number of hydrogen-bond donors (Lipinski definition) is 2. The molecule has 0 spiro atoms. The fourth-order valence-electron chi connectivity index (χ4n) is 3.08. The molecule has 0 saturated carbocycles. The predicted molar refractivity (Wildman–Crippen MR) is 116 cm³/mol. The van der Waals surface area contributed by atoms with Crippen LogP contribution in [0.1, 0.15) is 13.3 Å². The standard InChI is InChI=1S/C21H17FN4O4S/c1-12(27)23-13-6-7-14(15(22)10-13)16-11-31-20(24-16)25-19(28)8-9-26-17-4-2-3-5-18(17)30-21(26)29/h2-7,10-11H,8-9H2,1H3,(H,23,27)(H,24,25,28). The summed E-state index contributed by atoms with van der Waals surface area (Å²) in [5.41, 5.74) is 2.05. The number of hydrogen-bond acceptors (Lipinski definition) is 6. The van der Waals surface area contributed by atoms with Gasteiger partial charge in [0.15, 0.2) is 10.7 Å². The molecule has 0 aliphatic carbocycles. The second-order valence-electron chi connectivity index (χ2n) is 6.70. The minimum Gasteiger partial charge on any atom is -0.408 e. The lowest BCUT2D eigenvalue weighted by atomic mass is 10.1. The minimum absolute atomic E-state index is 0.0398. The van der Waals surface area contributed by atoms with E-state index in [1.165, 1.54) is 23.6 Å². The van der Waals surface area contributed by atoms with E-state index < -0.39 is 11.6 Å². The summed E-state index contributed by atoms with van der Waals surface area (Å²) in [4.78, 5) is 39.6. The zero-order valence-electron chi connectivity index (χ0n) is 16.3. The van der Waals surface area contributed by atoms with Gasteiger partial charge in [0.05, 0.1) is 11.2 Å². The summed E-state index contributed by atoms with van der Waals surface area (Å²) >= 11 is 1.16. The Morgan fingerprint density at radius 3 is 2.77 bits per heavy atom. The van der Waals surface area contributed by atoms with Crippen molar-refractivity contribution in [2.24, 2.45) is 0 Å². The second-order valence-corrected chi connectivity index (χ2v) is 7.56. The van der Waals surface area contributed by atoms with Crippen LogP contribution in [0.3, 0.4) is 0 Å². The molecule has 2 heterocycles. The second kappa shape index (κ2) is 8.52. The third-order valence-electron chi connectivity index (χ3n) is 4.45. The van der Waals surface area contributed by atoms with Crippen LogP contribution in [0.5, 0.6) is 0 Å². The molecule has 4 aromatic rings. The molecule has 31 heavy (non-hydrogen) atoms. The number of halogens is 1. The Morgan fingerprint density at radius 1 is 1.19 bits per heavy atom. The number of para-hydroxylation sites is 2. The maximum atomic E-state index is 14.4. The summed E-state index contributed by atoms with van der Waals surface area (Å²) in [6, 6.07) is 11.3. The molecular weight excluding hydrogens is 423 g/mol. The van der Waals surface area contributed by atoms with Gasteiger partial charge in [-0.05, 0) is 30.3 Å². The maximum Gasteiger partial charge on any atom is 0.419 e. The summed E-state index contributed by atoms with van der Waals surface area (Å²) < 4.78 is 20.9. The van der Waals surface area contributed by atoms with Crippen molar-refractivity contribution in [2.75, 3.05) is 10.6 Å². The van der Waals surface area contributed by atoms with Crippen LogP contribution in [0.25, 0.3) is 22.4 Å².